The van der Waals surface area contributed by atoms with Crippen molar-refractivity contribution in [1.29, 1.82) is 0 Å². The van der Waals surface area contributed by atoms with Crippen LogP contribution in [0, 0.1) is 6.92 Å². The highest BCUT2D eigenvalue weighted by Crippen LogP contribution is 2.34. The SMILES string of the molecule is CCn1c(SCC(=O)Nc2ccc(C)cc2)nnc1C1CCCN1C(=O)c1ccccc1Cl. The van der Waals surface area contributed by atoms with Crippen LogP contribution in [0.4, 0.5) is 5.69 Å². The smallest absolute Gasteiger partial charge is 0.255 e. The maximum atomic E-state index is 13.2. The lowest BCUT2D eigenvalue weighted by Crippen LogP contribution is -2.32. The molecule has 1 fully saturated rings. The van der Waals surface area contributed by atoms with Gasteiger partial charge in [0.2, 0.25) is 5.91 Å². The van der Waals surface area contributed by atoms with E-state index in [-0.39, 0.29) is 23.6 Å². The summed E-state index contributed by atoms with van der Waals surface area (Å²) in [6.45, 7) is 5.31. The first-order valence-corrected chi connectivity index (χ1v) is 12.3. The summed E-state index contributed by atoms with van der Waals surface area (Å²) in [5.41, 5.74) is 2.40. The number of nitrogens with one attached hydrogen (secondary N) is 1. The maximum absolute atomic E-state index is 13.2. The standard InChI is InChI=1S/C24H26ClN5O2S/c1-3-29-22(20-9-6-14-30(20)23(32)18-7-4-5-8-19(18)25)27-28-24(29)33-15-21(31)26-17-12-10-16(2)11-13-17/h4-5,7-8,10-13,20H,3,6,9,14-15H2,1-2H3,(H,26,31). The third-order valence-corrected chi connectivity index (χ3v) is 6.94. The average Bonchev–Trinajstić information content (AvgIpc) is 3.45. The Labute approximate surface area is 202 Å². The predicted molar refractivity (Wildman–Crippen MR) is 131 cm³/mol. The Morgan fingerprint density at radius 1 is 1.15 bits per heavy atom. The summed E-state index contributed by atoms with van der Waals surface area (Å²) in [5.74, 6) is 0.767. The Hall–Kier alpha value is -2.84. The lowest BCUT2D eigenvalue weighted by Gasteiger charge is -2.25. The van der Waals surface area contributed by atoms with Gasteiger partial charge in [-0.15, -0.1) is 10.2 Å². The van der Waals surface area contributed by atoms with Gasteiger partial charge in [-0.1, -0.05) is 53.2 Å². The van der Waals surface area contributed by atoms with Crippen molar-refractivity contribution in [3.63, 3.8) is 0 Å². The Bertz CT molecular complexity index is 1150. The molecule has 0 aliphatic carbocycles. The molecule has 1 atom stereocenters. The Kier molecular flexibility index (Phi) is 7.35. The zero-order valence-corrected chi connectivity index (χ0v) is 20.2. The summed E-state index contributed by atoms with van der Waals surface area (Å²) in [7, 11) is 0. The number of rotatable bonds is 7. The van der Waals surface area contributed by atoms with Crippen LogP contribution in [0.5, 0.6) is 0 Å². The Balaban J connectivity index is 1.46. The molecule has 9 heteroatoms. The molecule has 7 nitrogen and oxygen atoms in total. The van der Waals surface area contributed by atoms with E-state index < -0.39 is 0 Å². The first-order valence-electron chi connectivity index (χ1n) is 11.0. The fourth-order valence-corrected chi connectivity index (χ4v) is 5.01. The van der Waals surface area contributed by atoms with Crippen LogP contribution in [-0.2, 0) is 11.3 Å². The molecule has 0 radical (unpaired) electrons. The monoisotopic (exact) mass is 483 g/mol. The Morgan fingerprint density at radius 3 is 2.64 bits per heavy atom. The van der Waals surface area contributed by atoms with Gasteiger partial charge in [-0.2, -0.15) is 0 Å². The number of nitrogens with zero attached hydrogens (tertiary/aromatic N) is 4. The summed E-state index contributed by atoms with van der Waals surface area (Å²) in [6, 6.07) is 14.6. The van der Waals surface area contributed by atoms with Crippen LogP contribution in [0.15, 0.2) is 53.7 Å². The zero-order chi connectivity index (χ0) is 23.4. The van der Waals surface area contributed by atoms with Gasteiger partial charge in [-0.25, -0.2) is 0 Å². The van der Waals surface area contributed by atoms with Crippen molar-refractivity contribution in [2.24, 2.45) is 0 Å². The number of hydrogen-bond acceptors (Lipinski definition) is 5. The number of carbonyl (C=O) groups is 2. The molecule has 3 aromatic rings. The second kappa shape index (κ2) is 10.4. The van der Waals surface area contributed by atoms with Gasteiger partial charge in [-0.05, 0) is 51.0 Å². The highest BCUT2D eigenvalue weighted by molar-refractivity contribution is 7.99. The molecular formula is C24H26ClN5O2S. The minimum absolute atomic E-state index is 0.0968. The molecule has 33 heavy (non-hydrogen) atoms. The number of thioether (sulfide) groups is 1. The summed E-state index contributed by atoms with van der Waals surface area (Å²) in [5, 5.41) is 12.8. The lowest BCUT2D eigenvalue weighted by atomic mass is 10.1. The van der Waals surface area contributed by atoms with Crippen LogP contribution in [0.1, 0.15) is 47.6 Å². The maximum Gasteiger partial charge on any atom is 0.255 e. The van der Waals surface area contributed by atoms with E-state index in [4.69, 9.17) is 11.6 Å². The van der Waals surface area contributed by atoms with Gasteiger partial charge < -0.3 is 14.8 Å². The number of benzene rings is 2. The molecule has 0 saturated carbocycles. The van der Waals surface area contributed by atoms with E-state index in [1.807, 2.05) is 59.7 Å². The van der Waals surface area contributed by atoms with E-state index in [1.165, 1.54) is 11.8 Å². The molecule has 1 aromatic heterocycles. The fourth-order valence-electron chi connectivity index (χ4n) is 3.98. The molecule has 4 rings (SSSR count). The fraction of sp³-hybridized carbons (Fsp3) is 0.333. The number of amides is 2. The molecule has 1 aliphatic heterocycles. The van der Waals surface area contributed by atoms with E-state index in [0.29, 0.717) is 28.8 Å². The van der Waals surface area contributed by atoms with Crippen molar-refractivity contribution < 1.29 is 9.59 Å². The average molecular weight is 484 g/mol. The number of anilines is 1. The zero-order valence-electron chi connectivity index (χ0n) is 18.6. The molecule has 1 aliphatic rings. The highest BCUT2D eigenvalue weighted by Gasteiger charge is 2.35. The predicted octanol–water partition coefficient (Wildman–Crippen LogP) is 4.97. The van der Waals surface area contributed by atoms with Crippen LogP contribution < -0.4 is 5.32 Å². The first-order chi connectivity index (χ1) is 16.0. The van der Waals surface area contributed by atoms with Crippen LogP contribution in [0.3, 0.4) is 0 Å². The minimum Gasteiger partial charge on any atom is -0.328 e. The topological polar surface area (TPSA) is 80.1 Å². The summed E-state index contributed by atoms with van der Waals surface area (Å²) in [6.07, 6.45) is 1.70. The molecule has 172 valence electrons. The minimum atomic E-state index is -0.169. The molecule has 0 spiro atoms. The van der Waals surface area contributed by atoms with E-state index >= 15 is 0 Å². The van der Waals surface area contributed by atoms with E-state index in [0.717, 1.165) is 29.9 Å². The first kappa shape index (κ1) is 23.3. The van der Waals surface area contributed by atoms with Crippen molar-refractivity contribution in [2.75, 3.05) is 17.6 Å². The molecule has 1 saturated heterocycles. The van der Waals surface area contributed by atoms with Gasteiger partial charge in [0.15, 0.2) is 11.0 Å². The van der Waals surface area contributed by atoms with Crippen molar-refractivity contribution >= 4 is 40.9 Å². The molecule has 2 aromatic carbocycles. The van der Waals surface area contributed by atoms with Gasteiger partial charge >= 0.3 is 0 Å². The number of halogens is 1. The van der Waals surface area contributed by atoms with Gasteiger partial charge in [-0.3, -0.25) is 9.59 Å². The van der Waals surface area contributed by atoms with Crippen LogP contribution in [0.2, 0.25) is 5.02 Å². The second-order valence-corrected chi connectivity index (χ2v) is 9.27. The Morgan fingerprint density at radius 2 is 1.91 bits per heavy atom. The van der Waals surface area contributed by atoms with Crippen molar-refractivity contribution in [2.45, 2.75) is 44.4 Å². The molecule has 2 amide bonds. The van der Waals surface area contributed by atoms with Crippen LogP contribution in [0.25, 0.3) is 0 Å². The van der Waals surface area contributed by atoms with Gasteiger partial charge in [0, 0.05) is 18.8 Å². The van der Waals surface area contributed by atoms with Crippen molar-refractivity contribution in [1.82, 2.24) is 19.7 Å². The lowest BCUT2D eigenvalue weighted by molar-refractivity contribution is -0.113. The number of hydrogen-bond donors (Lipinski definition) is 1. The second-order valence-electron chi connectivity index (χ2n) is 7.92. The number of carbonyl (C=O) groups excluding carboxylic acids is 2. The van der Waals surface area contributed by atoms with Crippen LogP contribution >= 0.6 is 23.4 Å². The number of likely N-dealkylation sites (tertiary alicyclic amines) is 1. The summed E-state index contributed by atoms with van der Waals surface area (Å²) >= 11 is 7.61. The molecule has 1 N–H and O–H groups in total. The third-order valence-electron chi connectivity index (χ3n) is 5.65. The third kappa shape index (κ3) is 5.23. The van der Waals surface area contributed by atoms with Gasteiger partial charge in [0.05, 0.1) is 22.4 Å². The van der Waals surface area contributed by atoms with Crippen LogP contribution in [-0.4, -0.2) is 43.8 Å². The van der Waals surface area contributed by atoms with E-state index in [1.54, 1.807) is 12.1 Å². The quantitative estimate of drug-likeness (QED) is 0.480. The summed E-state index contributed by atoms with van der Waals surface area (Å²) < 4.78 is 1.99. The summed E-state index contributed by atoms with van der Waals surface area (Å²) in [4.78, 5) is 27.4. The van der Waals surface area contributed by atoms with Gasteiger partial charge in [0.1, 0.15) is 0 Å². The molecule has 2 heterocycles. The van der Waals surface area contributed by atoms with E-state index in [2.05, 4.69) is 15.5 Å². The molecular weight excluding hydrogens is 458 g/mol. The number of aromatic nitrogens is 3. The largest absolute Gasteiger partial charge is 0.328 e. The van der Waals surface area contributed by atoms with Gasteiger partial charge in [0.25, 0.3) is 5.91 Å². The van der Waals surface area contributed by atoms with Crippen molar-refractivity contribution in [3.05, 3.63) is 70.5 Å². The highest BCUT2D eigenvalue weighted by atomic mass is 35.5. The normalized spacial score (nSPS) is 15.6. The molecule has 1 unspecified atom stereocenters. The molecule has 0 bridgehead atoms. The van der Waals surface area contributed by atoms with Crippen molar-refractivity contribution in [3.8, 4) is 0 Å². The number of aryl methyl sites for hydroxylation is 1. The van der Waals surface area contributed by atoms with E-state index in [9.17, 15) is 9.59 Å².